The molecule has 1 aromatic heterocycles. The molecule has 0 aliphatic heterocycles. The normalized spacial score (nSPS) is 11.2. The van der Waals surface area contributed by atoms with Gasteiger partial charge in [0.1, 0.15) is 16.5 Å². The van der Waals surface area contributed by atoms with Crippen LogP contribution in [0.1, 0.15) is 120 Å². The Hall–Kier alpha value is -3.18. The van der Waals surface area contributed by atoms with Crippen LogP contribution in [0.2, 0.25) is 0 Å². The summed E-state index contributed by atoms with van der Waals surface area (Å²) in [5.41, 5.74) is 2.51. The number of para-hydroxylation sites is 1. The molecule has 4 rings (SSSR count). The fourth-order valence-corrected chi connectivity index (χ4v) is 6.33. The molecule has 1 heterocycles. The van der Waals surface area contributed by atoms with E-state index in [9.17, 15) is 4.79 Å². The van der Waals surface area contributed by atoms with E-state index in [0.29, 0.717) is 17.9 Å². The number of unbranched alkanes of at least 4 members (excludes halogenated alkanes) is 15. The molecule has 4 aromatic rings. The zero-order chi connectivity index (χ0) is 30.0. The van der Waals surface area contributed by atoms with E-state index >= 15 is 0 Å². The molecule has 0 amide bonds. The van der Waals surface area contributed by atoms with Crippen molar-refractivity contribution in [2.45, 2.75) is 110 Å². The summed E-state index contributed by atoms with van der Waals surface area (Å²) in [4.78, 5) is 17.3. The van der Waals surface area contributed by atoms with Gasteiger partial charge in [-0.2, -0.15) is 0 Å². The highest BCUT2D eigenvalue weighted by Gasteiger charge is 2.11. The predicted octanol–water partition coefficient (Wildman–Crippen LogP) is 11.8. The Labute approximate surface area is 262 Å². The first-order valence-corrected chi connectivity index (χ1v) is 17.5. The van der Waals surface area contributed by atoms with E-state index < -0.39 is 0 Å². The lowest BCUT2D eigenvalue weighted by Crippen LogP contribution is -2.08. The van der Waals surface area contributed by atoms with Crippen molar-refractivity contribution in [2.75, 3.05) is 6.61 Å². The second-order valence-corrected chi connectivity index (χ2v) is 12.6. The Morgan fingerprint density at radius 3 is 1.74 bits per heavy atom. The number of benzene rings is 3. The Morgan fingerprint density at radius 2 is 1.16 bits per heavy atom. The summed E-state index contributed by atoms with van der Waals surface area (Å²) in [5, 5.41) is 0.953. The van der Waals surface area contributed by atoms with Crippen molar-refractivity contribution in [3.05, 3.63) is 78.4 Å². The summed E-state index contributed by atoms with van der Waals surface area (Å²) in [5.74, 6) is 0.925. The summed E-state index contributed by atoms with van der Waals surface area (Å²) in [7, 11) is 0. The minimum Gasteiger partial charge on any atom is -0.494 e. The second-order valence-electron chi connectivity index (χ2n) is 11.6. The van der Waals surface area contributed by atoms with E-state index in [1.165, 1.54) is 96.3 Å². The van der Waals surface area contributed by atoms with E-state index in [4.69, 9.17) is 14.5 Å². The number of esters is 1. The van der Waals surface area contributed by atoms with Crippen LogP contribution >= 0.6 is 11.3 Å². The molecule has 0 radical (unpaired) electrons. The van der Waals surface area contributed by atoms with E-state index in [1.807, 2.05) is 54.6 Å². The maximum Gasteiger partial charge on any atom is 0.343 e. The Balaban J connectivity index is 1.02. The number of ether oxygens (including phenoxy) is 2. The first-order chi connectivity index (χ1) is 21.2. The number of carbonyl (C=O) groups is 1. The molecular formula is C38H49NO3S. The number of rotatable bonds is 21. The molecular weight excluding hydrogens is 550 g/mol. The third-order valence-electron chi connectivity index (χ3n) is 7.96. The summed E-state index contributed by atoms with van der Waals surface area (Å²) in [6, 6.07) is 22.8. The number of nitrogens with zero attached hydrogens (tertiary/aromatic N) is 1. The monoisotopic (exact) mass is 599 g/mol. The lowest BCUT2D eigenvalue weighted by atomic mass is 10.0. The predicted molar refractivity (Wildman–Crippen MR) is 181 cm³/mol. The minimum atomic E-state index is -0.378. The van der Waals surface area contributed by atoms with Crippen LogP contribution in [0.5, 0.6) is 11.5 Å². The molecule has 4 nitrogen and oxygen atoms in total. The first kappa shape index (κ1) is 32.7. The smallest absolute Gasteiger partial charge is 0.343 e. The van der Waals surface area contributed by atoms with Gasteiger partial charge < -0.3 is 9.47 Å². The van der Waals surface area contributed by atoms with Crippen LogP contribution in [0, 0.1) is 0 Å². The quantitative estimate of drug-likeness (QED) is 0.0543. The van der Waals surface area contributed by atoms with Gasteiger partial charge in [-0.05, 0) is 67.1 Å². The van der Waals surface area contributed by atoms with Crippen LogP contribution in [-0.2, 0) is 0 Å². The lowest BCUT2D eigenvalue weighted by molar-refractivity contribution is 0.0734. The number of hydrogen-bond acceptors (Lipinski definition) is 5. The highest BCUT2D eigenvalue weighted by atomic mass is 32.1. The van der Waals surface area contributed by atoms with Gasteiger partial charge in [-0.15, -0.1) is 11.3 Å². The second kappa shape index (κ2) is 19.2. The molecule has 0 spiro atoms. The van der Waals surface area contributed by atoms with Crippen LogP contribution in [0.4, 0.5) is 0 Å². The molecule has 0 unspecified atom stereocenters. The first-order valence-electron chi connectivity index (χ1n) is 16.6. The summed E-state index contributed by atoms with van der Waals surface area (Å²) in [6.07, 6.45) is 21.8. The van der Waals surface area contributed by atoms with Crippen LogP contribution < -0.4 is 9.47 Å². The maximum absolute atomic E-state index is 12.7. The topological polar surface area (TPSA) is 48.4 Å². The van der Waals surface area contributed by atoms with E-state index in [-0.39, 0.29) is 5.97 Å². The molecule has 0 N–H and O–H groups in total. The van der Waals surface area contributed by atoms with Crippen LogP contribution in [0.15, 0.2) is 72.8 Å². The van der Waals surface area contributed by atoms with Gasteiger partial charge in [-0.1, -0.05) is 115 Å². The zero-order valence-corrected chi connectivity index (χ0v) is 26.8. The van der Waals surface area contributed by atoms with Crippen molar-refractivity contribution in [1.82, 2.24) is 4.98 Å². The van der Waals surface area contributed by atoms with Crippen molar-refractivity contribution in [3.63, 3.8) is 0 Å². The molecule has 5 heteroatoms. The highest BCUT2D eigenvalue weighted by molar-refractivity contribution is 7.21. The van der Waals surface area contributed by atoms with Gasteiger partial charge >= 0.3 is 5.97 Å². The van der Waals surface area contributed by atoms with Crippen molar-refractivity contribution >= 4 is 27.5 Å². The molecule has 0 aliphatic rings. The van der Waals surface area contributed by atoms with Crippen molar-refractivity contribution in [1.29, 1.82) is 0 Å². The molecule has 0 saturated heterocycles. The van der Waals surface area contributed by atoms with E-state index in [1.54, 1.807) is 23.5 Å². The molecule has 43 heavy (non-hydrogen) atoms. The molecule has 0 fully saturated rings. The van der Waals surface area contributed by atoms with Crippen LogP contribution in [-0.4, -0.2) is 17.6 Å². The van der Waals surface area contributed by atoms with Gasteiger partial charge in [0, 0.05) is 5.56 Å². The van der Waals surface area contributed by atoms with Crippen LogP contribution in [0.3, 0.4) is 0 Å². The lowest BCUT2D eigenvalue weighted by Gasteiger charge is -2.08. The summed E-state index contributed by atoms with van der Waals surface area (Å²) in [6.45, 7) is 3.00. The van der Waals surface area contributed by atoms with E-state index in [0.717, 1.165) is 33.0 Å². The molecule has 0 bridgehead atoms. The Kier molecular flexibility index (Phi) is 14.6. The molecule has 0 aliphatic carbocycles. The Bertz CT molecular complexity index is 1300. The number of carbonyl (C=O) groups excluding carboxylic acids is 1. The molecule has 230 valence electrons. The number of hydrogen-bond donors (Lipinski definition) is 0. The van der Waals surface area contributed by atoms with Gasteiger partial charge in [0.25, 0.3) is 0 Å². The van der Waals surface area contributed by atoms with Crippen molar-refractivity contribution in [2.24, 2.45) is 0 Å². The standard InChI is InChI=1S/C38H49NO3S/c1-2-3-4-5-6-7-8-9-10-11-12-13-14-15-16-19-30-41-33-26-24-32(25-27-33)38(40)42-34-28-22-31(23-29-34)37-39-35-20-17-18-21-36(35)43-37/h17-18,20-29H,2-16,19,30H2,1H3. The fourth-order valence-electron chi connectivity index (χ4n) is 5.35. The highest BCUT2D eigenvalue weighted by Crippen LogP contribution is 2.31. The summed E-state index contributed by atoms with van der Waals surface area (Å²) < 4.78 is 12.6. The third-order valence-corrected chi connectivity index (χ3v) is 9.05. The molecule has 0 saturated carbocycles. The van der Waals surface area contributed by atoms with Gasteiger partial charge in [0.05, 0.1) is 22.4 Å². The third kappa shape index (κ3) is 11.8. The van der Waals surface area contributed by atoms with Gasteiger partial charge in [0.15, 0.2) is 0 Å². The van der Waals surface area contributed by atoms with Crippen LogP contribution in [0.25, 0.3) is 20.8 Å². The molecule has 0 atom stereocenters. The fraction of sp³-hybridized carbons (Fsp3) is 0.474. The van der Waals surface area contributed by atoms with Crippen molar-refractivity contribution < 1.29 is 14.3 Å². The van der Waals surface area contributed by atoms with Crippen molar-refractivity contribution in [3.8, 4) is 22.1 Å². The van der Waals surface area contributed by atoms with Gasteiger partial charge in [-0.25, -0.2) is 9.78 Å². The average molecular weight is 600 g/mol. The largest absolute Gasteiger partial charge is 0.494 e. The maximum atomic E-state index is 12.7. The number of aromatic nitrogens is 1. The zero-order valence-electron chi connectivity index (χ0n) is 26.0. The number of thiazole rings is 1. The number of fused-ring (bicyclic) bond motifs is 1. The average Bonchev–Trinajstić information content (AvgIpc) is 3.48. The Morgan fingerprint density at radius 1 is 0.628 bits per heavy atom. The minimum absolute atomic E-state index is 0.378. The van der Waals surface area contributed by atoms with E-state index in [2.05, 4.69) is 13.0 Å². The SMILES string of the molecule is CCCCCCCCCCCCCCCCCCOc1ccc(C(=O)Oc2ccc(-c3nc4ccccc4s3)cc2)cc1. The van der Waals surface area contributed by atoms with Gasteiger partial charge in [-0.3, -0.25) is 0 Å². The molecule has 3 aromatic carbocycles. The summed E-state index contributed by atoms with van der Waals surface area (Å²) >= 11 is 1.65. The van der Waals surface area contributed by atoms with Gasteiger partial charge in [0.2, 0.25) is 0 Å².